The molecular weight excluding hydrogens is 403 g/mol. The Morgan fingerprint density at radius 2 is 2.21 bits per heavy atom. The van der Waals surface area contributed by atoms with Gasteiger partial charge in [0.15, 0.2) is 0 Å². The molecule has 28 heavy (non-hydrogen) atoms. The lowest BCUT2D eigenvalue weighted by Gasteiger charge is -2.21. The van der Waals surface area contributed by atoms with E-state index in [-0.39, 0.29) is 18.1 Å². The summed E-state index contributed by atoms with van der Waals surface area (Å²) in [7, 11) is 1.62. The van der Waals surface area contributed by atoms with E-state index in [1.807, 2.05) is 11.6 Å². The first kappa shape index (κ1) is 22.5. The van der Waals surface area contributed by atoms with Crippen LogP contribution < -0.4 is 5.32 Å². The Morgan fingerprint density at radius 3 is 2.79 bits per heavy atom. The van der Waals surface area contributed by atoms with Crippen LogP contribution in [0.4, 0.5) is 13.2 Å². The van der Waals surface area contributed by atoms with Crippen LogP contribution >= 0.6 is 11.3 Å². The van der Waals surface area contributed by atoms with Gasteiger partial charge in [-0.3, -0.25) is 9.69 Å². The molecule has 0 unspecified atom stereocenters. The summed E-state index contributed by atoms with van der Waals surface area (Å²) in [5.41, 5.74) is 0. The Kier molecular flexibility index (Phi) is 8.16. The molecule has 0 saturated carbocycles. The predicted octanol–water partition coefficient (Wildman–Crippen LogP) is 1.27. The predicted molar refractivity (Wildman–Crippen MR) is 92.8 cm³/mol. The van der Waals surface area contributed by atoms with Crippen molar-refractivity contribution in [3.8, 4) is 0 Å². The third-order valence-corrected chi connectivity index (χ3v) is 5.12. The molecule has 3 heterocycles. The Balaban J connectivity index is 0.000000345. The van der Waals surface area contributed by atoms with E-state index in [0.717, 1.165) is 30.9 Å². The lowest BCUT2D eigenvalue weighted by molar-refractivity contribution is -0.192. The number of fused-ring (bicyclic) bond motifs is 1. The van der Waals surface area contributed by atoms with Gasteiger partial charge in [0.25, 0.3) is 0 Å². The van der Waals surface area contributed by atoms with Gasteiger partial charge >= 0.3 is 12.1 Å². The van der Waals surface area contributed by atoms with Crippen LogP contribution in [0.3, 0.4) is 0 Å². The zero-order valence-electron chi connectivity index (χ0n) is 15.1. The van der Waals surface area contributed by atoms with Crippen LogP contribution in [0.2, 0.25) is 0 Å². The zero-order chi connectivity index (χ0) is 20.7. The second-order valence-corrected chi connectivity index (χ2v) is 7.22. The van der Waals surface area contributed by atoms with Crippen molar-refractivity contribution >= 4 is 23.2 Å². The number of carboxylic acid groups (broad SMARTS) is 1. The molecule has 1 aromatic rings. The first-order chi connectivity index (χ1) is 13.2. The van der Waals surface area contributed by atoms with Gasteiger partial charge in [0.2, 0.25) is 5.91 Å². The smallest absolute Gasteiger partial charge is 0.475 e. The molecule has 2 aliphatic rings. The monoisotopic (exact) mass is 425 g/mol. The van der Waals surface area contributed by atoms with Crippen molar-refractivity contribution in [1.29, 1.82) is 0 Å². The number of nitrogens with zero attached hydrogens (tertiary/aromatic N) is 2. The van der Waals surface area contributed by atoms with E-state index in [1.54, 1.807) is 18.4 Å². The zero-order valence-corrected chi connectivity index (χ0v) is 16.0. The van der Waals surface area contributed by atoms with Crippen molar-refractivity contribution in [3.63, 3.8) is 0 Å². The van der Waals surface area contributed by atoms with Crippen molar-refractivity contribution in [2.75, 3.05) is 26.8 Å². The van der Waals surface area contributed by atoms with Crippen molar-refractivity contribution in [1.82, 2.24) is 15.2 Å². The lowest BCUT2D eigenvalue weighted by atomic mass is 10.1. The molecular formula is C16H22F3N3O5S. The van der Waals surface area contributed by atoms with E-state index in [4.69, 9.17) is 19.4 Å². The van der Waals surface area contributed by atoms with Gasteiger partial charge in [-0.1, -0.05) is 0 Å². The maximum atomic E-state index is 12.1. The number of hydrogen-bond acceptors (Lipinski definition) is 7. The number of thiazole rings is 1. The minimum Gasteiger partial charge on any atom is -0.475 e. The quantitative estimate of drug-likeness (QED) is 0.662. The van der Waals surface area contributed by atoms with Crippen LogP contribution in [0, 0.1) is 0 Å². The number of methoxy groups -OCH3 is 1. The third-order valence-electron chi connectivity index (χ3n) is 4.36. The molecule has 0 aliphatic carbocycles. The third kappa shape index (κ3) is 6.40. The Labute approximate surface area is 163 Å². The first-order valence-electron chi connectivity index (χ1n) is 8.57. The topological polar surface area (TPSA) is 101 Å². The summed E-state index contributed by atoms with van der Waals surface area (Å²) in [6.07, 6.45) is -1.61. The van der Waals surface area contributed by atoms with E-state index in [9.17, 15) is 18.0 Å². The van der Waals surface area contributed by atoms with Crippen LogP contribution in [0.1, 0.15) is 17.8 Å². The molecule has 0 radical (unpaired) electrons. The summed E-state index contributed by atoms with van der Waals surface area (Å²) >= 11 is 1.68. The Morgan fingerprint density at radius 1 is 1.50 bits per heavy atom. The maximum absolute atomic E-state index is 12.1. The number of aromatic nitrogens is 1. The van der Waals surface area contributed by atoms with Crippen molar-refractivity contribution in [2.45, 2.75) is 43.8 Å². The van der Waals surface area contributed by atoms with Gasteiger partial charge in [0.05, 0.1) is 19.3 Å². The fraction of sp³-hybridized carbons (Fsp3) is 0.688. The summed E-state index contributed by atoms with van der Waals surface area (Å²) < 4.78 is 42.6. The number of alkyl halides is 3. The SMILES string of the molecule is COCCNC(=O)[C@@H]1C[C@H]2[C@H](CCN2Cc2nccs2)O1.O=C(O)C(F)(F)F. The summed E-state index contributed by atoms with van der Waals surface area (Å²) in [5, 5.41) is 13.1. The van der Waals surface area contributed by atoms with E-state index in [1.165, 1.54) is 0 Å². The van der Waals surface area contributed by atoms with Gasteiger partial charge in [0, 0.05) is 44.2 Å². The minimum absolute atomic E-state index is 0.0179. The first-order valence-corrected chi connectivity index (χ1v) is 9.45. The van der Waals surface area contributed by atoms with Crippen molar-refractivity contribution in [2.24, 2.45) is 0 Å². The van der Waals surface area contributed by atoms with Gasteiger partial charge in [0.1, 0.15) is 11.1 Å². The fourth-order valence-electron chi connectivity index (χ4n) is 3.09. The number of aliphatic carboxylic acids is 1. The average Bonchev–Trinajstić information content (AvgIpc) is 3.34. The minimum atomic E-state index is -5.08. The number of amides is 1. The maximum Gasteiger partial charge on any atom is 0.490 e. The molecule has 2 aliphatic heterocycles. The van der Waals surface area contributed by atoms with E-state index in [2.05, 4.69) is 15.2 Å². The standard InChI is InChI=1S/C14H21N3O3S.C2HF3O2/c1-19-6-3-16-14(18)12-8-10-11(20-12)2-5-17(10)9-13-15-4-7-21-13;3-2(4,5)1(6)7/h4,7,10-12H,2-3,5-6,8-9H2,1H3,(H,16,18);(H,6,7)/t10-,11-,12-;/m0./s1. The van der Waals surface area contributed by atoms with Crippen molar-refractivity contribution in [3.05, 3.63) is 16.6 Å². The number of carbonyl (C=O) groups is 2. The van der Waals surface area contributed by atoms with Crippen LogP contribution in [0.25, 0.3) is 0 Å². The molecule has 2 N–H and O–H groups in total. The number of likely N-dealkylation sites (tertiary alicyclic amines) is 1. The number of halogens is 3. The van der Waals surface area contributed by atoms with E-state index >= 15 is 0 Å². The molecule has 0 bridgehead atoms. The molecule has 2 fully saturated rings. The van der Waals surface area contributed by atoms with Gasteiger partial charge < -0.3 is 19.9 Å². The van der Waals surface area contributed by atoms with Gasteiger partial charge in [-0.05, 0) is 6.42 Å². The highest BCUT2D eigenvalue weighted by Gasteiger charge is 2.45. The number of nitrogens with one attached hydrogen (secondary N) is 1. The molecule has 0 spiro atoms. The second kappa shape index (κ2) is 10.1. The van der Waals surface area contributed by atoms with E-state index < -0.39 is 12.1 Å². The normalized spacial score (nSPS) is 24.4. The summed E-state index contributed by atoms with van der Waals surface area (Å²) in [5.74, 6) is -2.77. The highest BCUT2D eigenvalue weighted by molar-refractivity contribution is 7.09. The van der Waals surface area contributed by atoms with Crippen molar-refractivity contribution < 1.29 is 37.3 Å². The Hall–Kier alpha value is -1.76. The van der Waals surface area contributed by atoms with Crippen LogP contribution in [0.5, 0.6) is 0 Å². The number of hydrogen-bond donors (Lipinski definition) is 2. The molecule has 12 heteroatoms. The lowest BCUT2D eigenvalue weighted by Crippen LogP contribution is -2.37. The fourth-order valence-corrected chi connectivity index (χ4v) is 3.73. The molecule has 1 amide bonds. The van der Waals surface area contributed by atoms with Gasteiger partial charge in [-0.2, -0.15) is 13.2 Å². The van der Waals surface area contributed by atoms with E-state index in [0.29, 0.717) is 19.2 Å². The number of ether oxygens (including phenoxy) is 2. The summed E-state index contributed by atoms with van der Waals surface area (Å²) in [4.78, 5) is 27.7. The Bertz CT molecular complexity index is 644. The molecule has 1 aromatic heterocycles. The molecule has 158 valence electrons. The molecule has 3 rings (SSSR count). The highest BCUT2D eigenvalue weighted by atomic mass is 32.1. The van der Waals surface area contributed by atoms with Crippen LogP contribution in [0.15, 0.2) is 11.6 Å². The summed E-state index contributed by atoms with van der Waals surface area (Å²) in [6.45, 7) is 2.95. The summed E-state index contributed by atoms with van der Waals surface area (Å²) in [6, 6.07) is 0.340. The largest absolute Gasteiger partial charge is 0.490 e. The average molecular weight is 425 g/mol. The van der Waals surface area contributed by atoms with Gasteiger partial charge in [-0.15, -0.1) is 11.3 Å². The van der Waals surface area contributed by atoms with Gasteiger partial charge in [-0.25, -0.2) is 9.78 Å². The number of carbonyl (C=O) groups excluding carboxylic acids is 1. The van der Waals surface area contributed by atoms with Crippen LogP contribution in [-0.4, -0.2) is 78.1 Å². The second-order valence-electron chi connectivity index (χ2n) is 6.24. The highest BCUT2D eigenvalue weighted by Crippen LogP contribution is 2.34. The molecule has 0 aromatic carbocycles. The molecule has 3 atom stereocenters. The number of carboxylic acids is 1. The molecule has 2 saturated heterocycles. The van der Waals surface area contributed by atoms with Crippen LogP contribution in [-0.2, 0) is 25.6 Å². The molecule has 8 nitrogen and oxygen atoms in total. The number of rotatable bonds is 6.